The van der Waals surface area contributed by atoms with Crippen LogP contribution >= 0.6 is 0 Å². The number of rotatable bonds is 10. The number of carbonyl (C=O) groups is 3. The van der Waals surface area contributed by atoms with E-state index in [2.05, 4.69) is 63.6 Å². The zero-order chi connectivity index (χ0) is 43.1. The van der Waals surface area contributed by atoms with Crippen molar-refractivity contribution in [1.29, 1.82) is 0 Å². The molecule has 2 aromatic heterocycles. The predicted octanol–water partition coefficient (Wildman–Crippen LogP) is 4.73. The van der Waals surface area contributed by atoms with Crippen molar-refractivity contribution in [3.63, 3.8) is 0 Å². The lowest BCUT2D eigenvalue weighted by molar-refractivity contribution is -0.136. The van der Waals surface area contributed by atoms with Crippen molar-refractivity contribution in [3.8, 4) is 22.6 Å². The van der Waals surface area contributed by atoms with Gasteiger partial charge in [0.1, 0.15) is 23.4 Å². The van der Waals surface area contributed by atoms with Crippen LogP contribution in [0.2, 0.25) is 0 Å². The lowest BCUT2D eigenvalue weighted by Crippen LogP contribution is -2.66. The zero-order valence-electron chi connectivity index (χ0n) is 36.3. The second kappa shape index (κ2) is 15.0. The Morgan fingerprint density at radius 3 is 2.26 bits per heavy atom. The van der Waals surface area contributed by atoms with Crippen molar-refractivity contribution in [2.45, 2.75) is 57.7 Å². The fourth-order valence-corrected chi connectivity index (χ4v) is 10.4. The highest BCUT2D eigenvalue weighted by Crippen LogP contribution is 2.47. The van der Waals surface area contributed by atoms with E-state index in [1.807, 2.05) is 43.4 Å². The van der Waals surface area contributed by atoms with Gasteiger partial charge in [0.05, 0.1) is 30.7 Å². The van der Waals surface area contributed by atoms with E-state index in [4.69, 9.17) is 9.47 Å². The molecule has 4 saturated heterocycles. The predicted molar refractivity (Wildman–Crippen MR) is 236 cm³/mol. The fourth-order valence-electron chi connectivity index (χ4n) is 10.4. The van der Waals surface area contributed by atoms with Crippen LogP contribution in [0.25, 0.3) is 27.6 Å². The number of pyridine rings is 2. The number of carbonyl (C=O) groups excluding carboxylic acids is 3. The Balaban J connectivity index is 0.820. The highest BCUT2D eigenvalue weighted by molar-refractivity contribution is 6.13. The summed E-state index contributed by atoms with van der Waals surface area (Å²) < 4.78 is 13.6. The molecule has 5 aliphatic rings. The van der Waals surface area contributed by atoms with Gasteiger partial charge in [-0.15, -0.1) is 0 Å². The third-order valence-electron chi connectivity index (χ3n) is 14.4. The van der Waals surface area contributed by atoms with Crippen LogP contribution in [-0.2, 0) is 23.2 Å². The molecule has 0 aliphatic carbocycles. The van der Waals surface area contributed by atoms with Crippen molar-refractivity contribution in [1.82, 2.24) is 29.6 Å². The maximum atomic E-state index is 13.6. The standard InChI is InChI=1S/C47H56N8O6/c1-28-32-10-9-31(19-34(32)45(59)55(28)38-11-12-42(56)49-43(38)57)53-26-47(27-53)13-15-54(16-14-47)46(2,3)30-22-52(23-30)25-37-39(60-7)17-29(18-40(37)61-8)36-24-51(6)44(58)35-21-48-41(50(4)5)20-33(35)36/h9-10,17-21,24,30,38H,1,11-16,22-23,25-27H2,2-8H3,(H,49,56,57). The van der Waals surface area contributed by atoms with E-state index in [0.717, 1.165) is 103 Å². The number of aryl methyl sites for hydroxylation is 1. The molecule has 14 heteroatoms. The van der Waals surface area contributed by atoms with Crippen molar-refractivity contribution in [2.24, 2.45) is 18.4 Å². The summed E-state index contributed by atoms with van der Waals surface area (Å²) in [4.78, 5) is 66.5. The number of imide groups is 1. The molecule has 0 saturated carbocycles. The normalized spacial score (nSPS) is 20.8. The van der Waals surface area contributed by atoms with Gasteiger partial charge in [-0.2, -0.15) is 0 Å². The molecule has 320 valence electrons. The van der Waals surface area contributed by atoms with E-state index < -0.39 is 11.9 Å². The number of amides is 3. The van der Waals surface area contributed by atoms with E-state index in [1.165, 1.54) is 4.90 Å². The molecule has 1 N–H and O–H groups in total. The Labute approximate surface area is 356 Å². The van der Waals surface area contributed by atoms with E-state index in [-0.39, 0.29) is 34.7 Å². The molecular formula is C47H56N8O6. The first-order valence-electron chi connectivity index (χ1n) is 21.3. The zero-order valence-corrected chi connectivity index (χ0v) is 36.3. The highest BCUT2D eigenvalue weighted by Gasteiger charge is 2.50. The number of benzene rings is 2. The van der Waals surface area contributed by atoms with Gasteiger partial charge < -0.3 is 23.8 Å². The number of nitrogens with zero attached hydrogens (tertiary/aromatic N) is 7. The van der Waals surface area contributed by atoms with Crippen molar-refractivity contribution in [3.05, 3.63) is 82.4 Å². The molecule has 1 spiro atoms. The highest BCUT2D eigenvalue weighted by atomic mass is 16.5. The van der Waals surface area contributed by atoms with Crippen LogP contribution in [0.3, 0.4) is 0 Å². The van der Waals surface area contributed by atoms with Gasteiger partial charge in [-0.1, -0.05) is 12.6 Å². The summed E-state index contributed by atoms with van der Waals surface area (Å²) in [5.74, 6) is 1.82. The van der Waals surface area contributed by atoms with Crippen LogP contribution in [0.5, 0.6) is 11.5 Å². The van der Waals surface area contributed by atoms with Crippen molar-refractivity contribution >= 4 is 45.7 Å². The van der Waals surface area contributed by atoms with Gasteiger partial charge in [0, 0.05) is 117 Å². The molecule has 1 atom stereocenters. The maximum Gasteiger partial charge on any atom is 0.259 e. The van der Waals surface area contributed by atoms with Gasteiger partial charge in [0.25, 0.3) is 11.5 Å². The van der Waals surface area contributed by atoms with Gasteiger partial charge in [-0.05, 0) is 82.1 Å². The number of piperidine rings is 2. The Morgan fingerprint density at radius 2 is 1.62 bits per heavy atom. The molecule has 2 aromatic carbocycles. The van der Waals surface area contributed by atoms with E-state index in [9.17, 15) is 19.2 Å². The third-order valence-corrected chi connectivity index (χ3v) is 14.4. The van der Waals surface area contributed by atoms with Crippen LogP contribution < -0.4 is 30.1 Å². The number of nitrogens with one attached hydrogen (secondary N) is 1. The van der Waals surface area contributed by atoms with Crippen LogP contribution in [0.15, 0.2) is 60.2 Å². The number of hydrogen-bond donors (Lipinski definition) is 1. The minimum absolute atomic E-state index is 0.0429. The average molecular weight is 829 g/mol. The van der Waals surface area contributed by atoms with Crippen LogP contribution in [0.4, 0.5) is 11.5 Å². The molecule has 4 aromatic rings. The summed E-state index contributed by atoms with van der Waals surface area (Å²) in [6, 6.07) is 11.3. The summed E-state index contributed by atoms with van der Waals surface area (Å²) in [5.41, 5.74) is 5.88. The summed E-state index contributed by atoms with van der Waals surface area (Å²) in [5, 5.41) is 3.76. The van der Waals surface area contributed by atoms with E-state index in [0.29, 0.717) is 35.5 Å². The van der Waals surface area contributed by atoms with Gasteiger partial charge in [-0.25, -0.2) is 4.98 Å². The second-order valence-corrected chi connectivity index (χ2v) is 18.5. The third kappa shape index (κ3) is 6.84. The molecular weight excluding hydrogens is 773 g/mol. The number of methoxy groups -OCH3 is 2. The topological polar surface area (TPSA) is 133 Å². The monoisotopic (exact) mass is 828 g/mol. The first-order valence-corrected chi connectivity index (χ1v) is 21.3. The largest absolute Gasteiger partial charge is 0.496 e. The summed E-state index contributed by atoms with van der Waals surface area (Å²) >= 11 is 0. The number of fused-ring (bicyclic) bond motifs is 2. The minimum atomic E-state index is -0.721. The Kier molecular flexibility index (Phi) is 10.0. The Hall–Kier alpha value is -5.73. The number of aromatic nitrogens is 2. The number of hydrogen-bond acceptors (Lipinski definition) is 11. The number of anilines is 2. The van der Waals surface area contributed by atoms with Crippen molar-refractivity contribution < 1.29 is 23.9 Å². The first-order chi connectivity index (χ1) is 29.1. The molecule has 14 nitrogen and oxygen atoms in total. The molecule has 61 heavy (non-hydrogen) atoms. The lowest BCUT2D eigenvalue weighted by atomic mass is 9.70. The smallest absolute Gasteiger partial charge is 0.259 e. The summed E-state index contributed by atoms with van der Waals surface area (Å²) in [6.07, 6.45) is 6.30. The molecule has 3 amide bonds. The van der Waals surface area contributed by atoms with Crippen LogP contribution in [-0.4, -0.2) is 121 Å². The molecule has 5 aliphatic heterocycles. The van der Waals surface area contributed by atoms with E-state index in [1.54, 1.807) is 32.0 Å². The van der Waals surface area contributed by atoms with Gasteiger partial charge in [-0.3, -0.25) is 39.2 Å². The SMILES string of the molecule is C=C1c2ccc(N3CC4(CCN(C(C)(C)C5CN(Cc6c(OC)cc(-c7cn(C)c(=O)c8cnc(N(C)C)cc78)cc6OC)C5)CC4)C3)cc2C(=O)N1C1CCC(=O)NC1=O. The number of ether oxygens (including phenoxy) is 2. The molecule has 0 radical (unpaired) electrons. The van der Waals surface area contributed by atoms with Crippen molar-refractivity contribution in [2.75, 3.05) is 77.4 Å². The summed E-state index contributed by atoms with van der Waals surface area (Å²) in [6.45, 7) is 15.6. The van der Waals surface area contributed by atoms with E-state index >= 15 is 0 Å². The lowest BCUT2D eigenvalue weighted by Gasteiger charge is -2.59. The quantitative estimate of drug-likeness (QED) is 0.223. The molecule has 0 bridgehead atoms. The molecule has 7 heterocycles. The van der Waals surface area contributed by atoms with Crippen LogP contribution in [0.1, 0.15) is 61.0 Å². The number of likely N-dealkylation sites (tertiary alicyclic amines) is 2. The second-order valence-electron chi connectivity index (χ2n) is 18.5. The Bertz CT molecular complexity index is 2520. The van der Waals surface area contributed by atoms with Gasteiger partial charge in [0.15, 0.2) is 0 Å². The van der Waals surface area contributed by atoms with Gasteiger partial charge >= 0.3 is 0 Å². The van der Waals surface area contributed by atoms with Gasteiger partial charge in [0.2, 0.25) is 11.8 Å². The average Bonchev–Trinajstić information content (AvgIpc) is 3.46. The summed E-state index contributed by atoms with van der Waals surface area (Å²) in [7, 11) is 9.04. The van der Waals surface area contributed by atoms with Crippen LogP contribution in [0, 0.1) is 11.3 Å². The maximum absolute atomic E-state index is 13.6. The minimum Gasteiger partial charge on any atom is -0.496 e. The fraction of sp³-hybridized carbons (Fsp3) is 0.468. The first kappa shape index (κ1) is 40.7. The molecule has 4 fully saturated rings. The molecule has 1 unspecified atom stereocenters. The molecule has 9 rings (SSSR count). The Morgan fingerprint density at radius 1 is 0.934 bits per heavy atom.